The van der Waals surface area contributed by atoms with E-state index in [4.69, 9.17) is 0 Å². The summed E-state index contributed by atoms with van der Waals surface area (Å²) in [6.45, 7) is 1.78. The maximum Gasteiger partial charge on any atom is 0.236 e. The Morgan fingerprint density at radius 2 is 1.91 bits per heavy atom. The van der Waals surface area contributed by atoms with Crippen LogP contribution in [0.25, 0.3) is 10.3 Å². The van der Waals surface area contributed by atoms with Crippen LogP contribution in [0.1, 0.15) is 24.8 Å². The van der Waals surface area contributed by atoms with Gasteiger partial charge in [-0.2, -0.15) is 4.98 Å². The first-order valence-corrected chi connectivity index (χ1v) is 12.3. The summed E-state index contributed by atoms with van der Waals surface area (Å²) < 4.78 is 1.10. The van der Waals surface area contributed by atoms with E-state index in [0.717, 1.165) is 58.5 Å². The first-order chi connectivity index (χ1) is 15.7. The van der Waals surface area contributed by atoms with Crippen molar-refractivity contribution in [3.63, 3.8) is 0 Å². The van der Waals surface area contributed by atoms with Crippen LogP contribution >= 0.6 is 22.7 Å². The summed E-state index contributed by atoms with van der Waals surface area (Å²) in [4.78, 5) is 24.2. The lowest BCUT2D eigenvalue weighted by Gasteiger charge is -2.15. The number of benzene rings is 1. The van der Waals surface area contributed by atoms with E-state index in [9.17, 15) is 4.79 Å². The Bertz CT molecular complexity index is 1230. The number of pyridine rings is 1. The maximum atomic E-state index is 12.9. The molecule has 1 saturated heterocycles. The molecule has 162 valence electrons. The van der Waals surface area contributed by atoms with E-state index in [2.05, 4.69) is 41.8 Å². The predicted octanol–water partition coefficient (Wildman–Crippen LogP) is 3.90. The lowest BCUT2D eigenvalue weighted by atomic mass is 9.95. The fourth-order valence-corrected chi connectivity index (χ4v) is 5.87. The van der Waals surface area contributed by atoms with E-state index in [1.54, 1.807) is 17.5 Å². The molecule has 4 heterocycles. The summed E-state index contributed by atoms with van der Waals surface area (Å²) in [5.74, 6) is 0.00267. The highest BCUT2D eigenvalue weighted by Crippen LogP contribution is 2.49. The Morgan fingerprint density at radius 3 is 2.72 bits per heavy atom. The van der Waals surface area contributed by atoms with Gasteiger partial charge in [0, 0.05) is 25.3 Å². The molecule has 4 aromatic rings. The number of carbonyl (C=O) groups is 1. The molecule has 1 aliphatic carbocycles. The molecule has 1 saturated carbocycles. The molecule has 1 aromatic carbocycles. The fourth-order valence-electron chi connectivity index (χ4n) is 4.20. The lowest BCUT2D eigenvalue weighted by Crippen LogP contribution is -2.27. The first-order valence-electron chi connectivity index (χ1n) is 10.6. The van der Waals surface area contributed by atoms with Crippen LogP contribution in [-0.4, -0.2) is 45.2 Å². The van der Waals surface area contributed by atoms with Gasteiger partial charge in [-0.1, -0.05) is 53.0 Å². The molecule has 6 rings (SSSR count). The largest absolute Gasteiger partial charge is 0.355 e. The minimum absolute atomic E-state index is 0.00267. The van der Waals surface area contributed by atoms with Crippen LogP contribution in [0, 0.1) is 0 Å². The van der Waals surface area contributed by atoms with Gasteiger partial charge in [0.2, 0.25) is 16.2 Å². The number of nitrogens with one attached hydrogen (secondary N) is 2. The monoisotopic (exact) mass is 463 g/mol. The average molecular weight is 464 g/mol. The summed E-state index contributed by atoms with van der Waals surface area (Å²) in [5, 5.41) is 17.1. The summed E-state index contributed by atoms with van der Waals surface area (Å²) >= 11 is 3.05. The highest BCUT2D eigenvalue weighted by atomic mass is 32.1. The number of hydrogen-bond donors (Lipinski definition) is 2. The number of rotatable bonds is 6. The highest BCUT2D eigenvalue weighted by Gasteiger charge is 2.51. The van der Waals surface area contributed by atoms with Crippen molar-refractivity contribution in [2.75, 3.05) is 28.6 Å². The number of thiazole rings is 1. The quantitative estimate of drug-likeness (QED) is 0.448. The van der Waals surface area contributed by atoms with Crippen molar-refractivity contribution >= 4 is 54.3 Å². The molecule has 0 radical (unpaired) electrons. The fraction of sp³-hybridized carbons (Fsp3) is 0.318. The van der Waals surface area contributed by atoms with Crippen molar-refractivity contribution in [1.82, 2.24) is 20.2 Å². The number of hydrogen-bond acceptors (Lipinski definition) is 9. The molecule has 0 unspecified atom stereocenters. The second-order valence-corrected chi connectivity index (χ2v) is 10.2. The SMILES string of the molecule is O=C(Nc1nnc(N[C@@H]2CCN(c3nc4ncccc4s3)C2)s1)C1(c2ccccc2)CC1. The third kappa shape index (κ3) is 3.59. The molecule has 2 fully saturated rings. The van der Waals surface area contributed by atoms with Crippen molar-refractivity contribution in [3.8, 4) is 0 Å². The Labute approximate surface area is 192 Å². The predicted molar refractivity (Wildman–Crippen MR) is 128 cm³/mol. The summed E-state index contributed by atoms with van der Waals surface area (Å²) in [6, 6.07) is 14.2. The highest BCUT2D eigenvalue weighted by molar-refractivity contribution is 7.22. The third-order valence-corrected chi connectivity index (χ3v) is 7.94. The lowest BCUT2D eigenvalue weighted by molar-refractivity contribution is -0.118. The molecule has 1 aliphatic heterocycles. The Morgan fingerprint density at radius 1 is 1.06 bits per heavy atom. The van der Waals surface area contributed by atoms with Crippen LogP contribution in [0.5, 0.6) is 0 Å². The second-order valence-electron chi connectivity index (χ2n) is 8.21. The minimum atomic E-state index is -0.418. The smallest absolute Gasteiger partial charge is 0.236 e. The van der Waals surface area contributed by atoms with Crippen molar-refractivity contribution in [2.45, 2.75) is 30.7 Å². The number of aromatic nitrogens is 4. The molecule has 32 heavy (non-hydrogen) atoms. The molecule has 2 N–H and O–H groups in total. The number of carbonyl (C=O) groups excluding carboxylic acids is 1. The Balaban J connectivity index is 1.08. The van der Waals surface area contributed by atoms with Gasteiger partial charge < -0.3 is 10.2 Å². The normalized spacial score (nSPS) is 19.2. The van der Waals surface area contributed by atoms with Crippen LogP contribution in [0.4, 0.5) is 15.4 Å². The van der Waals surface area contributed by atoms with Gasteiger partial charge in [0.05, 0.1) is 10.1 Å². The minimum Gasteiger partial charge on any atom is -0.355 e. The van der Waals surface area contributed by atoms with Gasteiger partial charge in [-0.25, -0.2) is 4.98 Å². The number of amides is 1. The zero-order valence-electron chi connectivity index (χ0n) is 17.2. The first kappa shape index (κ1) is 19.6. The summed E-state index contributed by atoms with van der Waals surface area (Å²) in [6.07, 6.45) is 4.50. The topological polar surface area (TPSA) is 95.9 Å². The van der Waals surface area contributed by atoms with Gasteiger partial charge in [0.25, 0.3) is 0 Å². The van der Waals surface area contributed by atoms with Crippen LogP contribution in [0.15, 0.2) is 48.7 Å². The molecule has 3 aromatic heterocycles. The van der Waals surface area contributed by atoms with Gasteiger partial charge in [0.1, 0.15) is 0 Å². The van der Waals surface area contributed by atoms with Gasteiger partial charge in [0.15, 0.2) is 10.8 Å². The summed E-state index contributed by atoms with van der Waals surface area (Å²) in [5.41, 5.74) is 1.45. The molecule has 2 aliphatic rings. The van der Waals surface area contributed by atoms with Crippen molar-refractivity contribution in [2.24, 2.45) is 0 Å². The number of fused-ring (bicyclic) bond motifs is 1. The van der Waals surface area contributed by atoms with Crippen LogP contribution < -0.4 is 15.5 Å². The molecule has 8 nitrogen and oxygen atoms in total. The van der Waals surface area contributed by atoms with Crippen molar-refractivity contribution < 1.29 is 4.79 Å². The Hall–Kier alpha value is -3.11. The molecular formula is C22H21N7OS2. The van der Waals surface area contributed by atoms with Gasteiger partial charge >= 0.3 is 0 Å². The summed E-state index contributed by atoms with van der Waals surface area (Å²) in [7, 11) is 0. The molecular weight excluding hydrogens is 442 g/mol. The van der Waals surface area contributed by atoms with Crippen LogP contribution in [-0.2, 0) is 10.2 Å². The van der Waals surface area contributed by atoms with Crippen LogP contribution in [0.2, 0.25) is 0 Å². The van der Waals surface area contributed by atoms with Crippen molar-refractivity contribution in [3.05, 3.63) is 54.2 Å². The molecule has 0 spiro atoms. The van der Waals surface area contributed by atoms with E-state index in [-0.39, 0.29) is 11.9 Å². The molecule has 1 amide bonds. The second kappa shape index (κ2) is 7.79. The molecule has 10 heteroatoms. The van der Waals surface area contributed by atoms with E-state index in [1.807, 2.05) is 36.4 Å². The van der Waals surface area contributed by atoms with E-state index < -0.39 is 5.41 Å². The van der Waals surface area contributed by atoms with Crippen molar-refractivity contribution in [1.29, 1.82) is 0 Å². The van der Waals surface area contributed by atoms with E-state index in [0.29, 0.717) is 5.13 Å². The standard InChI is InChI=1S/C22H21N7OS2/c30-18(22(9-10-22)14-5-2-1-3-6-14)26-20-28-27-19(32-20)24-15-8-12-29(13-15)21-25-17-16(31-21)7-4-11-23-17/h1-7,11,15H,8-10,12-13H2,(H,24,27)(H,26,28,30)/t15-/m1/s1. The number of nitrogens with zero attached hydrogens (tertiary/aromatic N) is 5. The Kier molecular flexibility index (Phi) is 4.76. The van der Waals surface area contributed by atoms with Gasteiger partial charge in [-0.15, -0.1) is 10.2 Å². The van der Waals surface area contributed by atoms with E-state index >= 15 is 0 Å². The maximum absolute atomic E-state index is 12.9. The average Bonchev–Trinajstić information content (AvgIpc) is 3.13. The zero-order valence-corrected chi connectivity index (χ0v) is 18.8. The third-order valence-electron chi connectivity index (χ3n) is 6.10. The van der Waals surface area contributed by atoms with Gasteiger partial charge in [-0.05, 0) is 37.0 Å². The zero-order chi connectivity index (χ0) is 21.5. The molecule has 0 bridgehead atoms. The van der Waals surface area contributed by atoms with E-state index in [1.165, 1.54) is 11.3 Å². The van der Waals surface area contributed by atoms with Crippen LogP contribution in [0.3, 0.4) is 0 Å². The number of anilines is 3. The molecule has 1 atom stereocenters. The van der Waals surface area contributed by atoms with Gasteiger partial charge in [-0.3, -0.25) is 10.1 Å².